The quantitative estimate of drug-likeness (QED) is 0.447. The van der Waals surface area contributed by atoms with E-state index in [9.17, 15) is 22.6 Å². The van der Waals surface area contributed by atoms with Crippen LogP contribution in [0.25, 0.3) is 0 Å². The molecule has 0 aliphatic rings. The van der Waals surface area contributed by atoms with Crippen LogP contribution in [0.5, 0.6) is 0 Å². The summed E-state index contributed by atoms with van der Waals surface area (Å²) in [6.45, 7) is 0. The third kappa shape index (κ3) is 2.17. The fourth-order valence-electron chi connectivity index (χ4n) is 0.848. The Morgan fingerprint density at radius 2 is 1.80 bits per heavy atom. The molecule has 0 aliphatic carbocycles. The Morgan fingerprint density at radius 3 is 2.27 bits per heavy atom. The average molecular weight is 223 g/mol. The van der Waals surface area contributed by atoms with Gasteiger partial charge in [-0.15, -0.1) is 5.12 Å². The van der Waals surface area contributed by atoms with Gasteiger partial charge in [0.05, 0.1) is 5.69 Å². The van der Waals surface area contributed by atoms with Crippen LogP contribution in [0, 0.1) is 0 Å². The highest BCUT2D eigenvalue weighted by Gasteiger charge is 2.50. The number of hydrogen-bond acceptors (Lipinski definition) is 3. The summed E-state index contributed by atoms with van der Waals surface area (Å²) in [5, 5.41) is -1.17. The number of nitrogens with zero attached hydrogens (tertiary/aromatic N) is 1. The summed E-state index contributed by atoms with van der Waals surface area (Å²) in [6, 6.07) is 1.29. The standard InChI is InChI=1S/C8H5F4NO2/c9-8(10,7(14)15-12)13(11)6-4-2-1-3-5-6/h1-5H. The van der Waals surface area contributed by atoms with Crippen molar-refractivity contribution in [3.05, 3.63) is 30.3 Å². The van der Waals surface area contributed by atoms with Crippen molar-refractivity contribution in [1.82, 2.24) is 0 Å². The summed E-state index contributed by atoms with van der Waals surface area (Å²) in [4.78, 5) is 12.5. The fraction of sp³-hybridized carbons (Fsp3) is 0.125. The van der Waals surface area contributed by atoms with Gasteiger partial charge in [-0.1, -0.05) is 22.7 Å². The highest BCUT2D eigenvalue weighted by Crippen LogP contribution is 2.28. The summed E-state index contributed by atoms with van der Waals surface area (Å²) >= 11 is 0. The molecule has 1 aromatic carbocycles. The summed E-state index contributed by atoms with van der Waals surface area (Å²) in [7, 11) is 0. The number of hydrogen-bond donors (Lipinski definition) is 0. The molecule has 0 amide bonds. The SMILES string of the molecule is O=C(OF)C(F)(F)N(F)c1ccccc1. The Kier molecular flexibility index (Phi) is 3.13. The number of carbonyl (C=O) groups excluding carboxylic acids is 1. The van der Waals surface area contributed by atoms with E-state index in [1.165, 1.54) is 18.2 Å². The van der Waals surface area contributed by atoms with Gasteiger partial charge in [0.1, 0.15) is 0 Å². The molecule has 1 rings (SSSR count). The lowest BCUT2D eigenvalue weighted by atomic mass is 10.3. The first kappa shape index (κ1) is 11.3. The maximum absolute atomic E-state index is 13.0. The van der Waals surface area contributed by atoms with Crippen molar-refractivity contribution in [2.75, 3.05) is 5.12 Å². The van der Waals surface area contributed by atoms with Gasteiger partial charge in [-0.2, -0.15) is 8.78 Å². The van der Waals surface area contributed by atoms with Crippen LogP contribution < -0.4 is 5.12 Å². The molecule has 7 heteroatoms. The smallest absolute Gasteiger partial charge is 0.245 e. The number of anilines is 1. The van der Waals surface area contributed by atoms with Crippen molar-refractivity contribution in [2.24, 2.45) is 0 Å². The molecule has 0 heterocycles. The van der Waals surface area contributed by atoms with Crippen molar-refractivity contribution in [3.63, 3.8) is 0 Å². The van der Waals surface area contributed by atoms with Crippen LogP contribution >= 0.6 is 0 Å². The Morgan fingerprint density at radius 1 is 1.27 bits per heavy atom. The van der Waals surface area contributed by atoms with E-state index in [1.54, 1.807) is 0 Å². The van der Waals surface area contributed by atoms with Gasteiger partial charge >= 0.3 is 12.0 Å². The fourth-order valence-corrected chi connectivity index (χ4v) is 0.848. The lowest BCUT2D eigenvalue weighted by Crippen LogP contribution is -2.43. The van der Waals surface area contributed by atoms with E-state index >= 15 is 0 Å². The summed E-state index contributed by atoms with van der Waals surface area (Å²) in [5.74, 6) is -2.62. The molecule has 0 saturated carbocycles. The second kappa shape index (κ2) is 4.16. The molecule has 0 atom stereocenters. The second-order valence-corrected chi connectivity index (χ2v) is 2.52. The van der Waals surface area contributed by atoms with Crippen LogP contribution in [-0.2, 0) is 9.74 Å². The molecule has 3 nitrogen and oxygen atoms in total. The molecule has 0 aromatic heterocycles. The Bertz CT molecular complexity index is 344. The van der Waals surface area contributed by atoms with Crippen LogP contribution in [0.1, 0.15) is 0 Å². The van der Waals surface area contributed by atoms with E-state index in [0.29, 0.717) is 0 Å². The number of benzene rings is 1. The predicted molar refractivity (Wildman–Crippen MR) is 42.2 cm³/mol. The number of carbonyl (C=O) groups is 1. The van der Waals surface area contributed by atoms with Gasteiger partial charge in [0.2, 0.25) is 0 Å². The molecule has 0 bridgehead atoms. The minimum absolute atomic E-state index is 0.590. The third-order valence-corrected chi connectivity index (χ3v) is 1.55. The van der Waals surface area contributed by atoms with Crippen molar-refractivity contribution in [2.45, 2.75) is 6.05 Å². The first-order chi connectivity index (χ1) is 7.00. The molecule has 0 spiro atoms. The van der Waals surface area contributed by atoms with E-state index < -0.39 is 22.8 Å². The molecule has 0 radical (unpaired) electrons. The van der Waals surface area contributed by atoms with E-state index in [-0.39, 0.29) is 0 Å². The Hall–Kier alpha value is -1.79. The summed E-state index contributed by atoms with van der Waals surface area (Å²) in [5.41, 5.74) is -0.590. The summed E-state index contributed by atoms with van der Waals surface area (Å²) in [6.07, 6.45) is 0. The molecule has 1 aromatic rings. The number of para-hydroxylation sites is 1. The van der Waals surface area contributed by atoms with Gasteiger partial charge in [0.25, 0.3) is 0 Å². The highest BCUT2D eigenvalue weighted by molar-refractivity contribution is 5.80. The zero-order chi connectivity index (χ0) is 11.5. The van der Waals surface area contributed by atoms with Gasteiger partial charge in [-0.3, -0.25) is 0 Å². The highest BCUT2D eigenvalue weighted by atomic mass is 19.3. The van der Waals surface area contributed by atoms with E-state index in [2.05, 4.69) is 4.94 Å². The lowest BCUT2D eigenvalue weighted by Gasteiger charge is -2.20. The maximum Gasteiger partial charge on any atom is 0.453 e. The average Bonchev–Trinajstić information content (AvgIpc) is 2.28. The number of rotatable bonds is 3. The molecule has 82 valence electrons. The van der Waals surface area contributed by atoms with Crippen LogP contribution in [0.15, 0.2) is 30.3 Å². The van der Waals surface area contributed by atoms with Gasteiger partial charge in [-0.05, 0) is 12.1 Å². The summed E-state index contributed by atoms with van der Waals surface area (Å²) < 4.78 is 49.7. The van der Waals surface area contributed by atoms with Gasteiger partial charge in [-0.25, -0.2) is 9.74 Å². The van der Waals surface area contributed by atoms with E-state index in [4.69, 9.17) is 0 Å². The van der Waals surface area contributed by atoms with E-state index in [1.807, 2.05) is 0 Å². The lowest BCUT2D eigenvalue weighted by molar-refractivity contribution is -0.215. The first-order valence-electron chi connectivity index (χ1n) is 3.72. The monoisotopic (exact) mass is 223 g/mol. The van der Waals surface area contributed by atoms with E-state index in [0.717, 1.165) is 12.1 Å². The van der Waals surface area contributed by atoms with Crippen LogP contribution in [0.2, 0.25) is 0 Å². The Labute approximate surface area is 81.7 Å². The number of alkyl halides is 2. The molecular weight excluding hydrogens is 218 g/mol. The zero-order valence-electron chi connectivity index (χ0n) is 7.16. The topological polar surface area (TPSA) is 29.5 Å². The van der Waals surface area contributed by atoms with Gasteiger partial charge < -0.3 is 0 Å². The van der Waals surface area contributed by atoms with Gasteiger partial charge in [0, 0.05) is 4.53 Å². The van der Waals surface area contributed by atoms with Crippen LogP contribution in [0.4, 0.5) is 23.5 Å². The largest absolute Gasteiger partial charge is 0.453 e. The predicted octanol–water partition coefficient (Wildman–Crippen LogP) is 2.40. The molecule has 0 fully saturated rings. The molecule has 0 unspecified atom stereocenters. The molecule has 0 saturated heterocycles. The first-order valence-corrected chi connectivity index (χ1v) is 3.72. The third-order valence-electron chi connectivity index (χ3n) is 1.55. The second-order valence-electron chi connectivity index (χ2n) is 2.52. The minimum Gasteiger partial charge on any atom is -0.245 e. The molecule has 0 aliphatic heterocycles. The van der Waals surface area contributed by atoms with Gasteiger partial charge in [0.15, 0.2) is 0 Å². The minimum atomic E-state index is -4.70. The van der Waals surface area contributed by atoms with Crippen LogP contribution in [-0.4, -0.2) is 12.0 Å². The van der Waals surface area contributed by atoms with Crippen molar-refractivity contribution in [3.8, 4) is 0 Å². The zero-order valence-corrected chi connectivity index (χ0v) is 7.16. The normalized spacial score (nSPS) is 10.9. The maximum atomic E-state index is 13.0. The van der Waals surface area contributed by atoms with Crippen molar-refractivity contribution >= 4 is 11.7 Å². The van der Waals surface area contributed by atoms with Crippen LogP contribution in [0.3, 0.4) is 0 Å². The molecule has 0 N–H and O–H groups in total. The van der Waals surface area contributed by atoms with Crippen molar-refractivity contribution in [1.29, 1.82) is 0 Å². The molecule has 15 heavy (non-hydrogen) atoms. The molecular formula is C8H5F4NO2. The van der Waals surface area contributed by atoms with Crippen molar-refractivity contribution < 1.29 is 27.5 Å². The number of halogens is 4. The Balaban J connectivity index is 2.94.